The van der Waals surface area contributed by atoms with Crippen molar-refractivity contribution in [3.63, 3.8) is 0 Å². The van der Waals surface area contributed by atoms with E-state index >= 15 is 0 Å². The van der Waals surface area contributed by atoms with E-state index in [1.165, 1.54) is 11.1 Å². The standard InChI is InChI=1S/C13H16N2OS2/c1-10-2-4-11(5-3-10)8-17-9-12(16)15-13-14-6-7-18-13/h2-5H,6-9H2,1H3,(H,14,15,16). The second-order valence-electron chi connectivity index (χ2n) is 4.06. The molecule has 96 valence electrons. The number of amidine groups is 1. The van der Waals surface area contributed by atoms with Crippen LogP contribution in [0, 0.1) is 6.92 Å². The molecular weight excluding hydrogens is 264 g/mol. The molecule has 0 saturated carbocycles. The Labute approximate surface area is 116 Å². The topological polar surface area (TPSA) is 41.5 Å². The molecule has 1 heterocycles. The van der Waals surface area contributed by atoms with Crippen molar-refractivity contribution in [1.29, 1.82) is 0 Å². The first-order chi connectivity index (χ1) is 8.74. The zero-order valence-electron chi connectivity index (χ0n) is 10.3. The molecule has 3 nitrogen and oxygen atoms in total. The van der Waals surface area contributed by atoms with Crippen molar-refractivity contribution < 1.29 is 4.79 Å². The smallest absolute Gasteiger partial charge is 0.235 e. The van der Waals surface area contributed by atoms with E-state index in [1.807, 2.05) is 0 Å². The summed E-state index contributed by atoms with van der Waals surface area (Å²) in [5.41, 5.74) is 2.52. The van der Waals surface area contributed by atoms with Gasteiger partial charge in [0.25, 0.3) is 0 Å². The molecule has 0 radical (unpaired) electrons. The molecule has 1 N–H and O–H groups in total. The normalized spacial score (nSPS) is 14.4. The molecule has 5 heteroatoms. The van der Waals surface area contributed by atoms with Gasteiger partial charge in [-0.15, -0.1) is 11.8 Å². The van der Waals surface area contributed by atoms with E-state index in [2.05, 4.69) is 41.5 Å². The first-order valence-electron chi connectivity index (χ1n) is 5.84. The number of aliphatic imine (C=N–C) groups is 1. The average Bonchev–Trinajstić information content (AvgIpc) is 2.84. The Morgan fingerprint density at radius 1 is 1.44 bits per heavy atom. The Morgan fingerprint density at radius 3 is 2.89 bits per heavy atom. The first-order valence-corrected chi connectivity index (χ1v) is 7.98. The van der Waals surface area contributed by atoms with Crippen molar-refractivity contribution in [2.75, 3.05) is 18.1 Å². The van der Waals surface area contributed by atoms with Gasteiger partial charge in [-0.2, -0.15) is 0 Å². The monoisotopic (exact) mass is 280 g/mol. The van der Waals surface area contributed by atoms with Crippen molar-refractivity contribution in [2.45, 2.75) is 12.7 Å². The van der Waals surface area contributed by atoms with Crippen molar-refractivity contribution in [3.05, 3.63) is 35.4 Å². The van der Waals surface area contributed by atoms with Gasteiger partial charge in [0, 0.05) is 11.5 Å². The number of hydrogen-bond donors (Lipinski definition) is 1. The summed E-state index contributed by atoms with van der Waals surface area (Å²) in [7, 11) is 0. The summed E-state index contributed by atoms with van der Waals surface area (Å²) in [6.45, 7) is 2.89. The van der Waals surface area contributed by atoms with Crippen LogP contribution >= 0.6 is 23.5 Å². The Morgan fingerprint density at radius 2 is 2.22 bits per heavy atom. The summed E-state index contributed by atoms with van der Waals surface area (Å²) >= 11 is 3.24. The Hall–Kier alpha value is -0.940. The van der Waals surface area contributed by atoms with Gasteiger partial charge in [0.15, 0.2) is 5.17 Å². The van der Waals surface area contributed by atoms with Gasteiger partial charge in [0.2, 0.25) is 5.91 Å². The van der Waals surface area contributed by atoms with Gasteiger partial charge in [0.05, 0.1) is 12.3 Å². The van der Waals surface area contributed by atoms with Crippen LogP contribution in [-0.2, 0) is 10.5 Å². The van der Waals surface area contributed by atoms with Crippen LogP contribution in [0.3, 0.4) is 0 Å². The highest BCUT2D eigenvalue weighted by Crippen LogP contribution is 2.13. The lowest BCUT2D eigenvalue weighted by Gasteiger charge is -2.04. The highest BCUT2D eigenvalue weighted by Gasteiger charge is 2.10. The fourth-order valence-corrected chi connectivity index (χ4v) is 3.04. The van der Waals surface area contributed by atoms with Gasteiger partial charge < -0.3 is 5.32 Å². The number of thioether (sulfide) groups is 2. The quantitative estimate of drug-likeness (QED) is 0.921. The Bertz CT molecular complexity index is 443. The molecule has 0 saturated heterocycles. The third-order valence-electron chi connectivity index (χ3n) is 2.45. The van der Waals surface area contributed by atoms with E-state index in [9.17, 15) is 4.79 Å². The van der Waals surface area contributed by atoms with Crippen LogP contribution < -0.4 is 5.32 Å². The van der Waals surface area contributed by atoms with Gasteiger partial charge in [-0.25, -0.2) is 0 Å². The van der Waals surface area contributed by atoms with Crippen LogP contribution in [0.15, 0.2) is 29.3 Å². The van der Waals surface area contributed by atoms with Gasteiger partial charge in [-0.05, 0) is 12.5 Å². The lowest BCUT2D eigenvalue weighted by atomic mass is 10.2. The number of rotatable bonds is 4. The molecule has 0 fully saturated rings. The van der Waals surface area contributed by atoms with Gasteiger partial charge in [-0.1, -0.05) is 41.6 Å². The molecule has 0 aliphatic carbocycles. The summed E-state index contributed by atoms with van der Waals surface area (Å²) in [4.78, 5) is 15.8. The summed E-state index contributed by atoms with van der Waals surface area (Å²) in [5, 5.41) is 3.60. The van der Waals surface area contributed by atoms with Gasteiger partial charge >= 0.3 is 0 Å². The van der Waals surface area contributed by atoms with E-state index in [4.69, 9.17) is 0 Å². The zero-order valence-corrected chi connectivity index (χ0v) is 11.9. The minimum Gasteiger partial charge on any atom is -0.305 e. The number of benzene rings is 1. The maximum absolute atomic E-state index is 11.6. The average molecular weight is 280 g/mol. The number of nitrogens with one attached hydrogen (secondary N) is 1. The number of aryl methyl sites for hydroxylation is 1. The number of carbonyl (C=O) groups is 1. The third-order valence-corrected chi connectivity index (χ3v) is 4.35. The predicted octanol–water partition coefficient (Wildman–Crippen LogP) is 2.45. The fraction of sp³-hybridized carbons (Fsp3) is 0.385. The molecule has 1 amide bonds. The highest BCUT2D eigenvalue weighted by molar-refractivity contribution is 8.14. The molecule has 1 aliphatic rings. The molecule has 0 bridgehead atoms. The summed E-state index contributed by atoms with van der Waals surface area (Å²) in [6.07, 6.45) is 0. The highest BCUT2D eigenvalue weighted by atomic mass is 32.2. The van der Waals surface area contributed by atoms with E-state index in [0.29, 0.717) is 5.75 Å². The van der Waals surface area contributed by atoms with Crippen molar-refractivity contribution in [2.24, 2.45) is 4.99 Å². The van der Waals surface area contributed by atoms with Gasteiger partial charge in [-0.3, -0.25) is 9.79 Å². The lowest BCUT2D eigenvalue weighted by molar-refractivity contribution is -0.117. The maximum atomic E-state index is 11.6. The molecule has 0 spiro atoms. The molecule has 2 rings (SSSR count). The molecular formula is C13H16N2OS2. The van der Waals surface area contributed by atoms with Crippen LogP contribution in [0.5, 0.6) is 0 Å². The number of hydrogen-bond acceptors (Lipinski definition) is 4. The number of carbonyl (C=O) groups excluding carboxylic acids is 1. The Balaban J connectivity index is 1.68. The van der Waals surface area contributed by atoms with E-state index in [0.717, 1.165) is 23.2 Å². The largest absolute Gasteiger partial charge is 0.305 e. The van der Waals surface area contributed by atoms with Crippen LogP contribution in [0.4, 0.5) is 0 Å². The number of nitrogens with zero attached hydrogens (tertiary/aromatic N) is 1. The first kappa shape index (κ1) is 13.5. The summed E-state index contributed by atoms with van der Waals surface area (Å²) < 4.78 is 0. The summed E-state index contributed by atoms with van der Waals surface area (Å²) in [5.74, 6) is 2.37. The second kappa shape index (κ2) is 6.85. The van der Waals surface area contributed by atoms with Gasteiger partial charge in [0.1, 0.15) is 0 Å². The van der Waals surface area contributed by atoms with Crippen LogP contribution in [-0.4, -0.2) is 29.1 Å². The van der Waals surface area contributed by atoms with E-state index < -0.39 is 0 Å². The van der Waals surface area contributed by atoms with Crippen molar-refractivity contribution >= 4 is 34.6 Å². The molecule has 0 atom stereocenters. The van der Waals surface area contributed by atoms with Crippen LogP contribution in [0.1, 0.15) is 11.1 Å². The Kier molecular flexibility index (Phi) is 5.13. The molecule has 18 heavy (non-hydrogen) atoms. The lowest BCUT2D eigenvalue weighted by Crippen LogP contribution is -2.28. The maximum Gasteiger partial charge on any atom is 0.235 e. The van der Waals surface area contributed by atoms with E-state index in [1.54, 1.807) is 23.5 Å². The van der Waals surface area contributed by atoms with Crippen molar-refractivity contribution in [1.82, 2.24) is 5.32 Å². The molecule has 0 aromatic heterocycles. The van der Waals surface area contributed by atoms with Crippen LogP contribution in [0.2, 0.25) is 0 Å². The predicted molar refractivity (Wildman–Crippen MR) is 80.2 cm³/mol. The van der Waals surface area contributed by atoms with Crippen LogP contribution in [0.25, 0.3) is 0 Å². The van der Waals surface area contributed by atoms with E-state index in [-0.39, 0.29) is 5.91 Å². The zero-order chi connectivity index (χ0) is 12.8. The second-order valence-corrected chi connectivity index (χ2v) is 6.13. The molecule has 1 aliphatic heterocycles. The van der Waals surface area contributed by atoms with Crippen molar-refractivity contribution in [3.8, 4) is 0 Å². The fourth-order valence-electron chi connectivity index (χ4n) is 1.51. The third kappa shape index (κ3) is 4.38. The molecule has 1 aromatic rings. The number of amides is 1. The summed E-state index contributed by atoms with van der Waals surface area (Å²) in [6, 6.07) is 8.41. The molecule has 0 unspecified atom stereocenters. The minimum absolute atomic E-state index is 0.0419. The SMILES string of the molecule is Cc1ccc(CSCC(=O)NC2=NCCS2)cc1. The molecule has 1 aromatic carbocycles. The minimum atomic E-state index is 0.0419.